The monoisotopic (exact) mass is 277 g/mol. The first kappa shape index (κ1) is 13.3. The third-order valence-corrected chi connectivity index (χ3v) is 3.86. The molecule has 1 saturated heterocycles. The quantitative estimate of drug-likeness (QED) is 0.704. The number of carbonyl (C=O) groups is 1. The van der Waals surface area contributed by atoms with Crippen molar-refractivity contribution in [1.82, 2.24) is 5.32 Å². The number of halogens is 2. The van der Waals surface area contributed by atoms with Crippen molar-refractivity contribution < 1.29 is 27.9 Å². The maximum Gasteiger partial charge on any atom is 0.349 e. The first-order chi connectivity index (χ1) is 8.29. The number of rotatable bonds is 2. The van der Waals surface area contributed by atoms with E-state index in [2.05, 4.69) is 5.32 Å². The molecule has 0 aliphatic carbocycles. The van der Waals surface area contributed by atoms with Crippen LogP contribution >= 0.6 is 7.60 Å². The van der Waals surface area contributed by atoms with Crippen LogP contribution in [0.25, 0.3) is 0 Å². The SMILES string of the molecule is O=C1C[C@H](c2ccc(F)c(F)c2)N[C@@H]1P(=O)(O)O. The Kier molecular flexibility index (Phi) is 3.33. The fourth-order valence-electron chi connectivity index (χ4n) is 1.88. The van der Waals surface area contributed by atoms with E-state index in [9.17, 15) is 18.1 Å². The molecule has 3 N–H and O–H groups in total. The Bertz CT molecular complexity index is 545. The van der Waals surface area contributed by atoms with Crippen LogP contribution in [0, 0.1) is 11.6 Å². The molecule has 5 nitrogen and oxygen atoms in total. The molecule has 8 heteroatoms. The van der Waals surface area contributed by atoms with Crippen molar-refractivity contribution in [3.05, 3.63) is 35.4 Å². The van der Waals surface area contributed by atoms with Crippen molar-refractivity contribution in [2.75, 3.05) is 0 Å². The molecule has 0 aromatic heterocycles. The topological polar surface area (TPSA) is 86.6 Å². The molecule has 98 valence electrons. The van der Waals surface area contributed by atoms with Gasteiger partial charge in [-0.3, -0.25) is 14.7 Å². The maximum absolute atomic E-state index is 13.0. The normalized spacial score (nSPS) is 24.6. The second-order valence-electron chi connectivity index (χ2n) is 4.05. The predicted molar refractivity (Wildman–Crippen MR) is 57.7 cm³/mol. The van der Waals surface area contributed by atoms with E-state index in [0.717, 1.165) is 12.1 Å². The molecule has 0 unspecified atom stereocenters. The van der Waals surface area contributed by atoms with Gasteiger partial charge in [-0.1, -0.05) is 6.07 Å². The van der Waals surface area contributed by atoms with Crippen LogP contribution in [-0.4, -0.2) is 21.4 Å². The number of hydrogen-bond acceptors (Lipinski definition) is 3. The van der Waals surface area contributed by atoms with Gasteiger partial charge in [-0.05, 0) is 17.7 Å². The smallest absolute Gasteiger partial charge is 0.323 e. The summed E-state index contributed by atoms with van der Waals surface area (Å²) in [6, 6.07) is 2.36. The number of benzene rings is 1. The average Bonchev–Trinajstić information content (AvgIpc) is 2.64. The van der Waals surface area contributed by atoms with Gasteiger partial charge in [0.15, 0.2) is 23.2 Å². The van der Waals surface area contributed by atoms with Gasteiger partial charge in [-0.25, -0.2) is 8.78 Å². The number of carbonyl (C=O) groups excluding carboxylic acids is 1. The van der Waals surface area contributed by atoms with E-state index in [0.29, 0.717) is 0 Å². The van der Waals surface area contributed by atoms with Crippen LogP contribution in [0.1, 0.15) is 18.0 Å². The number of Topliss-reactive ketones (excluding diaryl/α,β-unsaturated/α-hetero) is 1. The largest absolute Gasteiger partial charge is 0.349 e. The molecule has 1 aromatic rings. The lowest BCUT2D eigenvalue weighted by atomic mass is 10.1. The summed E-state index contributed by atoms with van der Waals surface area (Å²) in [4.78, 5) is 29.3. The summed E-state index contributed by atoms with van der Waals surface area (Å²) < 4.78 is 36.8. The van der Waals surface area contributed by atoms with E-state index < -0.39 is 36.8 Å². The zero-order valence-electron chi connectivity index (χ0n) is 9.01. The average molecular weight is 277 g/mol. The highest BCUT2D eigenvalue weighted by atomic mass is 31.2. The minimum absolute atomic E-state index is 0.166. The molecule has 0 radical (unpaired) electrons. The molecule has 1 aliphatic rings. The minimum atomic E-state index is -4.58. The Hall–Kier alpha value is -1.14. The van der Waals surface area contributed by atoms with Crippen LogP contribution in [0.4, 0.5) is 8.78 Å². The third-order valence-electron chi connectivity index (χ3n) is 2.75. The van der Waals surface area contributed by atoms with Gasteiger partial charge in [0.25, 0.3) is 0 Å². The van der Waals surface area contributed by atoms with Crippen molar-refractivity contribution in [3.8, 4) is 0 Å². The first-order valence-electron chi connectivity index (χ1n) is 5.08. The molecule has 18 heavy (non-hydrogen) atoms. The molecule has 0 spiro atoms. The van der Waals surface area contributed by atoms with Gasteiger partial charge >= 0.3 is 7.60 Å². The molecule has 2 rings (SSSR count). The van der Waals surface area contributed by atoms with Gasteiger partial charge in [-0.2, -0.15) is 0 Å². The summed E-state index contributed by atoms with van der Waals surface area (Å²) in [5, 5.41) is 2.44. The van der Waals surface area contributed by atoms with E-state index in [1.165, 1.54) is 6.07 Å². The number of ketones is 1. The van der Waals surface area contributed by atoms with Gasteiger partial charge < -0.3 is 9.79 Å². The van der Waals surface area contributed by atoms with Gasteiger partial charge in [-0.15, -0.1) is 0 Å². The Balaban J connectivity index is 2.25. The molecular weight excluding hydrogens is 267 g/mol. The van der Waals surface area contributed by atoms with Crippen LogP contribution < -0.4 is 5.32 Å². The first-order valence-corrected chi connectivity index (χ1v) is 6.76. The van der Waals surface area contributed by atoms with Crippen LogP contribution in [0.5, 0.6) is 0 Å². The molecule has 1 heterocycles. The summed E-state index contributed by atoms with van der Waals surface area (Å²) in [5.41, 5.74) is 0.276. The minimum Gasteiger partial charge on any atom is -0.323 e. The summed E-state index contributed by atoms with van der Waals surface area (Å²) in [6.45, 7) is 0. The van der Waals surface area contributed by atoms with Gasteiger partial charge in [0.2, 0.25) is 0 Å². The van der Waals surface area contributed by atoms with E-state index in [1.54, 1.807) is 0 Å². The summed E-state index contributed by atoms with van der Waals surface area (Å²) in [7, 11) is -4.58. The molecule has 2 atom stereocenters. The molecule has 1 fully saturated rings. The molecule has 0 amide bonds. The fourth-order valence-corrected chi connectivity index (χ4v) is 2.74. The van der Waals surface area contributed by atoms with Crippen LogP contribution in [-0.2, 0) is 9.36 Å². The Morgan fingerprint density at radius 3 is 2.44 bits per heavy atom. The number of hydrogen-bond donors (Lipinski definition) is 3. The standard InChI is InChI=1S/C10H10F2NO4P/c11-6-2-1-5(3-7(6)12)8-4-9(14)10(13-8)18(15,16)17/h1-3,8,10,13H,4H2,(H2,15,16,17)/t8-,10-/m1/s1. The molecule has 0 saturated carbocycles. The van der Waals surface area contributed by atoms with Gasteiger partial charge in [0, 0.05) is 12.5 Å². The van der Waals surface area contributed by atoms with Crippen molar-refractivity contribution >= 4 is 13.4 Å². The fraction of sp³-hybridized carbons (Fsp3) is 0.300. The van der Waals surface area contributed by atoms with E-state index in [1.807, 2.05) is 0 Å². The highest BCUT2D eigenvalue weighted by Crippen LogP contribution is 2.45. The van der Waals surface area contributed by atoms with Crippen molar-refractivity contribution in [3.63, 3.8) is 0 Å². The molecular formula is C10H10F2NO4P. The lowest BCUT2D eigenvalue weighted by molar-refractivity contribution is -0.117. The third kappa shape index (κ3) is 2.49. The molecule has 0 bridgehead atoms. The van der Waals surface area contributed by atoms with E-state index in [-0.39, 0.29) is 12.0 Å². The molecule has 1 aromatic carbocycles. The summed E-state index contributed by atoms with van der Waals surface area (Å²) in [5.74, 6) is -4.30. The predicted octanol–water partition coefficient (Wildman–Crippen LogP) is 1.07. The number of nitrogens with one attached hydrogen (secondary N) is 1. The maximum atomic E-state index is 13.0. The van der Waals surface area contributed by atoms with Crippen molar-refractivity contribution in [2.24, 2.45) is 0 Å². The van der Waals surface area contributed by atoms with E-state index in [4.69, 9.17) is 9.79 Å². The highest BCUT2D eigenvalue weighted by Gasteiger charge is 2.43. The molecule has 1 aliphatic heterocycles. The zero-order valence-corrected chi connectivity index (χ0v) is 9.90. The zero-order chi connectivity index (χ0) is 13.5. The van der Waals surface area contributed by atoms with Crippen LogP contribution in [0.2, 0.25) is 0 Å². The highest BCUT2D eigenvalue weighted by molar-refractivity contribution is 7.53. The summed E-state index contributed by atoms with van der Waals surface area (Å²) >= 11 is 0. The second-order valence-corrected chi connectivity index (χ2v) is 5.75. The van der Waals surface area contributed by atoms with Crippen LogP contribution in [0.15, 0.2) is 18.2 Å². The Morgan fingerprint density at radius 1 is 1.28 bits per heavy atom. The van der Waals surface area contributed by atoms with E-state index >= 15 is 0 Å². The lowest BCUT2D eigenvalue weighted by Gasteiger charge is -2.14. The summed E-state index contributed by atoms with van der Waals surface area (Å²) in [6.07, 6.45) is -0.166. The second kappa shape index (κ2) is 4.51. The Morgan fingerprint density at radius 2 is 1.94 bits per heavy atom. The lowest BCUT2D eigenvalue weighted by Crippen LogP contribution is -2.28. The van der Waals surface area contributed by atoms with Crippen LogP contribution in [0.3, 0.4) is 0 Å². The van der Waals surface area contributed by atoms with Gasteiger partial charge in [0.05, 0.1) is 0 Å². The van der Waals surface area contributed by atoms with Crippen molar-refractivity contribution in [1.29, 1.82) is 0 Å². The van der Waals surface area contributed by atoms with Gasteiger partial charge in [0.1, 0.15) is 0 Å². The Labute approximate surface area is 101 Å². The van der Waals surface area contributed by atoms with Crippen molar-refractivity contribution in [2.45, 2.75) is 18.2 Å².